The van der Waals surface area contributed by atoms with Crippen molar-refractivity contribution in [2.24, 2.45) is 0 Å². The molecule has 1 N–H and O–H groups in total. The lowest BCUT2D eigenvalue weighted by Crippen LogP contribution is -2.34. The second kappa shape index (κ2) is 6.06. The van der Waals surface area contributed by atoms with Gasteiger partial charge in [0.15, 0.2) is 5.82 Å². The lowest BCUT2D eigenvalue weighted by Gasteiger charge is -2.25. The van der Waals surface area contributed by atoms with Crippen molar-refractivity contribution >= 4 is 15.9 Å². The van der Waals surface area contributed by atoms with E-state index in [1.54, 1.807) is 0 Å². The molecule has 1 fully saturated rings. The molecule has 0 spiro atoms. The summed E-state index contributed by atoms with van der Waals surface area (Å²) in [6.07, 6.45) is 2.84. The van der Waals surface area contributed by atoms with Gasteiger partial charge in [0.25, 0.3) is 0 Å². The van der Waals surface area contributed by atoms with E-state index in [1.165, 1.54) is 5.56 Å². The van der Waals surface area contributed by atoms with E-state index in [9.17, 15) is 0 Å². The molecule has 0 bridgehead atoms. The molecular weight excluding hydrogens is 318 g/mol. The average molecular weight is 336 g/mol. The zero-order valence-corrected chi connectivity index (χ0v) is 13.1. The van der Waals surface area contributed by atoms with Crippen molar-refractivity contribution in [1.82, 2.24) is 15.5 Å². The average Bonchev–Trinajstić information content (AvgIpc) is 2.90. The van der Waals surface area contributed by atoms with E-state index >= 15 is 0 Å². The van der Waals surface area contributed by atoms with Gasteiger partial charge >= 0.3 is 0 Å². The fourth-order valence-electron chi connectivity index (χ4n) is 2.67. The Balaban J connectivity index is 1.72. The van der Waals surface area contributed by atoms with Gasteiger partial charge in [0.05, 0.1) is 0 Å². The Bertz CT molecular complexity index is 584. The third kappa shape index (κ3) is 3.10. The maximum Gasteiger partial charge on any atom is 0.229 e. The highest BCUT2D eigenvalue weighted by atomic mass is 79.9. The van der Waals surface area contributed by atoms with Crippen LogP contribution in [0.2, 0.25) is 0 Å². The summed E-state index contributed by atoms with van der Waals surface area (Å²) in [4.78, 5) is 4.58. The van der Waals surface area contributed by atoms with Gasteiger partial charge in [-0.2, -0.15) is 4.98 Å². The SMILES string of the molecule is CC1CC(c2nc(Cc3ccccc3Br)no2)CCN1. The van der Waals surface area contributed by atoms with Crippen LogP contribution in [0.4, 0.5) is 0 Å². The van der Waals surface area contributed by atoms with E-state index in [1.807, 2.05) is 18.2 Å². The van der Waals surface area contributed by atoms with Crippen molar-refractivity contribution < 1.29 is 4.52 Å². The highest BCUT2D eigenvalue weighted by molar-refractivity contribution is 9.10. The summed E-state index contributed by atoms with van der Waals surface area (Å²) in [5.41, 5.74) is 1.18. The maximum absolute atomic E-state index is 5.46. The van der Waals surface area contributed by atoms with Crippen LogP contribution in [0, 0.1) is 0 Å². The standard InChI is InChI=1S/C15H18BrN3O/c1-10-8-12(6-7-17-10)15-18-14(19-20-15)9-11-4-2-3-5-13(11)16/h2-5,10,12,17H,6-9H2,1H3. The largest absolute Gasteiger partial charge is 0.339 e. The normalized spacial score (nSPS) is 22.9. The Morgan fingerprint density at radius 1 is 1.40 bits per heavy atom. The summed E-state index contributed by atoms with van der Waals surface area (Å²) in [5, 5.41) is 7.57. The zero-order chi connectivity index (χ0) is 13.9. The molecule has 0 radical (unpaired) electrons. The first-order chi connectivity index (χ1) is 9.72. The number of nitrogens with one attached hydrogen (secondary N) is 1. The molecule has 1 aromatic heterocycles. The minimum atomic E-state index is 0.395. The van der Waals surface area contributed by atoms with Crippen molar-refractivity contribution in [2.45, 2.75) is 38.1 Å². The predicted molar refractivity (Wildman–Crippen MR) is 80.7 cm³/mol. The van der Waals surface area contributed by atoms with Crippen molar-refractivity contribution in [3.05, 3.63) is 46.0 Å². The topological polar surface area (TPSA) is 51.0 Å². The van der Waals surface area contributed by atoms with Crippen LogP contribution in [0.5, 0.6) is 0 Å². The lowest BCUT2D eigenvalue weighted by molar-refractivity contribution is 0.294. The Labute approximate surface area is 127 Å². The van der Waals surface area contributed by atoms with Gasteiger partial charge in [-0.3, -0.25) is 0 Å². The number of rotatable bonds is 3. The summed E-state index contributed by atoms with van der Waals surface area (Å²) < 4.78 is 6.55. The first-order valence-corrected chi connectivity index (χ1v) is 7.81. The molecule has 1 aromatic carbocycles. The molecule has 2 atom stereocenters. The van der Waals surface area contributed by atoms with E-state index in [-0.39, 0.29) is 0 Å². The molecule has 1 saturated heterocycles. The molecule has 0 amide bonds. The molecule has 1 aliphatic rings. The van der Waals surface area contributed by atoms with Crippen LogP contribution in [-0.4, -0.2) is 22.7 Å². The number of halogens is 1. The molecule has 106 valence electrons. The fraction of sp³-hybridized carbons (Fsp3) is 0.467. The van der Waals surface area contributed by atoms with Crippen LogP contribution in [-0.2, 0) is 6.42 Å². The Morgan fingerprint density at radius 3 is 3.05 bits per heavy atom. The molecule has 0 aliphatic carbocycles. The predicted octanol–water partition coefficient (Wildman–Crippen LogP) is 3.28. The number of benzene rings is 1. The quantitative estimate of drug-likeness (QED) is 0.935. The molecule has 5 heteroatoms. The summed E-state index contributed by atoms with van der Waals surface area (Å²) in [6.45, 7) is 3.22. The number of nitrogens with zero attached hydrogens (tertiary/aromatic N) is 2. The van der Waals surface area contributed by atoms with Crippen molar-refractivity contribution in [1.29, 1.82) is 0 Å². The fourth-order valence-corrected chi connectivity index (χ4v) is 3.10. The third-order valence-electron chi connectivity index (χ3n) is 3.76. The third-order valence-corrected chi connectivity index (χ3v) is 4.54. The van der Waals surface area contributed by atoms with Gasteiger partial charge in [-0.1, -0.05) is 39.3 Å². The van der Waals surface area contributed by atoms with Crippen LogP contribution in [0.25, 0.3) is 0 Å². The van der Waals surface area contributed by atoms with E-state index in [4.69, 9.17) is 4.52 Å². The Morgan fingerprint density at radius 2 is 2.25 bits per heavy atom. The lowest BCUT2D eigenvalue weighted by atomic mass is 9.93. The number of piperidine rings is 1. The molecule has 2 heterocycles. The van der Waals surface area contributed by atoms with E-state index < -0.39 is 0 Å². The second-order valence-corrected chi connectivity index (χ2v) is 6.25. The van der Waals surface area contributed by atoms with Crippen LogP contribution in [0.1, 0.15) is 43.0 Å². The van der Waals surface area contributed by atoms with E-state index in [2.05, 4.69) is 44.4 Å². The van der Waals surface area contributed by atoms with Crippen LogP contribution < -0.4 is 5.32 Å². The van der Waals surface area contributed by atoms with Crippen molar-refractivity contribution in [3.63, 3.8) is 0 Å². The van der Waals surface area contributed by atoms with Gasteiger partial charge in [-0.05, 0) is 37.9 Å². The highest BCUT2D eigenvalue weighted by Crippen LogP contribution is 2.27. The smallest absolute Gasteiger partial charge is 0.229 e. The van der Waals surface area contributed by atoms with Gasteiger partial charge in [0, 0.05) is 22.9 Å². The molecule has 2 aromatic rings. The molecule has 3 rings (SSSR count). The maximum atomic E-state index is 5.46. The summed E-state index contributed by atoms with van der Waals surface area (Å²) >= 11 is 3.55. The number of hydrogen-bond donors (Lipinski definition) is 1. The van der Waals surface area contributed by atoms with Crippen LogP contribution >= 0.6 is 15.9 Å². The van der Waals surface area contributed by atoms with E-state index in [0.717, 1.165) is 35.6 Å². The van der Waals surface area contributed by atoms with Gasteiger partial charge in [-0.15, -0.1) is 0 Å². The van der Waals surface area contributed by atoms with Crippen molar-refractivity contribution in [2.75, 3.05) is 6.54 Å². The summed E-state index contributed by atoms with van der Waals surface area (Å²) in [6, 6.07) is 8.66. The Kier molecular flexibility index (Phi) is 4.17. The zero-order valence-electron chi connectivity index (χ0n) is 11.5. The summed E-state index contributed by atoms with van der Waals surface area (Å²) in [7, 11) is 0. The Hall–Kier alpha value is -1.20. The molecule has 4 nitrogen and oxygen atoms in total. The number of aromatic nitrogens is 2. The monoisotopic (exact) mass is 335 g/mol. The minimum Gasteiger partial charge on any atom is -0.339 e. The highest BCUT2D eigenvalue weighted by Gasteiger charge is 2.24. The molecular formula is C15H18BrN3O. The van der Waals surface area contributed by atoms with Gasteiger partial charge in [0.1, 0.15) is 0 Å². The first-order valence-electron chi connectivity index (χ1n) is 7.01. The van der Waals surface area contributed by atoms with Gasteiger partial charge in [0.2, 0.25) is 5.89 Å². The second-order valence-electron chi connectivity index (χ2n) is 5.39. The molecule has 2 unspecified atom stereocenters. The van der Waals surface area contributed by atoms with Crippen LogP contribution in [0.15, 0.2) is 33.3 Å². The van der Waals surface area contributed by atoms with Gasteiger partial charge in [-0.25, -0.2) is 0 Å². The van der Waals surface area contributed by atoms with Crippen LogP contribution in [0.3, 0.4) is 0 Å². The first kappa shape index (κ1) is 13.8. The van der Waals surface area contributed by atoms with E-state index in [0.29, 0.717) is 18.4 Å². The molecule has 1 aliphatic heterocycles. The minimum absolute atomic E-state index is 0.395. The molecule has 0 saturated carbocycles. The van der Waals surface area contributed by atoms with Crippen molar-refractivity contribution in [3.8, 4) is 0 Å². The summed E-state index contributed by atoms with van der Waals surface area (Å²) in [5.74, 6) is 1.95. The van der Waals surface area contributed by atoms with Gasteiger partial charge < -0.3 is 9.84 Å². The number of hydrogen-bond acceptors (Lipinski definition) is 4. The molecule has 20 heavy (non-hydrogen) atoms.